The molecule has 27 heavy (non-hydrogen) atoms. The van der Waals surface area contributed by atoms with Crippen molar-refractivity contribution in [1.29, 1.82) is 0 Å². The van der Waals surface area contributed by atoms with E-state index in [0.29, 0.717) is 15.5 Å². The van der Waals surface area contributed by atoms with E-state index in [2.05, 4.69) is 31.5 Å². The smallest absolute Gasteiger partial charge is 0.287 e. The van der Waals surface area contributed by atoms with Crippen LogP contribution in [0.5, 0.6) is 0 Å². The molecular formula is C18H16BrClN4O3. The summed E-state index contributed by atoms with van der Waals surface area (Å²) in [5, 5.41) is 6.01. The number of imidazole rings is 1. The van der Waals surface area contributed by atoms with Crippen molar-refractivity contribution in [3.8, 4) is 0 Å². The second-order valence-electron chi connectivity index (χ2n) is 5.73. The Labute approximate surface area is 168 Å². The van der Waals surface area contributed by atoms with Crippen molar-refractivity contribution in [2.75, 3.05) is 6.54 Å². The largest absolute Gasteiger partial charge is 0.444 e. The van der Waals surface area contributed by atoms with E-state index in [1.165, 1.54) is 6.07 Å². The highest BCUT2D eigenvalue weighted by molar-refractivity contribution is 9.10. The van der Waals surface area contributed by atoms with E-state index >= 15 is 0 Å². The number of aryl methyl sites for hydroxylation is 1. The summed E-state index contributed by atoms with van der Waals surface area (Å²) in [6.07, 6.45) is 3.45. The van der Waals surface area contributed by atoms with Crippen molar-refractivity contribution in [1.82, 2.24) is 20.2 Å². The summed E-state index contributed by atoms with van der Waals surface area (Å²) < 4.78 is 7.42. The molecule has 140 valence electrons. The number of rotatable bonds is 6. The highest BCUT2D eigenvalue weighted by Crippen LogP contribution is 2.22. The van der Waals surface area contributed by atoms with Crippen molar-refractivity contribution in [3.05, 3.63) is 75.6 Å². The molecule has 1 unspecified atom stereocenters. The van der Waals surface area contributed by atoms with Crippen molar-refractivity contribution in [2.45, 2.75) is 6.04 Å². The minimum atomic E-state index is -0.482. The molecule has 2 N–H and O–H groups in total. The summed E-state index contributed by atoms with van der Waals surface area (Å²) in [4.78, 5) is 28.7. The summed E-state index contributed by atoms with van der Waals surface area (Å²) in [5.41, 5.74) is 0.823. The molecule has 1 atom stereocenters. The van der Waals surface area contributed by atoms with Crippen LogP contribution in [0, 0.1) is 0 Å². The standard InChI is InChI=1S/C18H16BrClN4O3/c1-24-9-8-21-17(24)16(11-2-4-12(20)5-3-11)23-15(25)10-22-18(26)13-6-7-14(19)27-13/h2-9,16H,10H2,1H3,(H,22,26)(H,23,25). The lowest BCUT2D eigenvalue weighted by Crippen LogP contribution is -2.39. The first kappa shape index (κ1) is 19.2. The first-order valence-corrected chi connectivity index (χ1v) is 9.16. The van der Waals surface area contributed by atoms with Crippen molar-refractivity contribution >= 4 is 39.3 Å². The van der Waals surface area contributed by atoms with E-state index in [4.69, 9.17) is 16.0 Å². The molecule has 0 bridgehead atoms. The Morgan fingerprint density at radius 2 is 2.00 bits per heavy atom. The number of carbonyl (C=O) groups excluding carboxylic acids is 2. The zero-order chi connectivity index (χ0) is 19.4. The Morgan fingerprint density at radius 3 is 2.59 bits per heavy atom. The molecule has 0 spiro atoms. The molecule has 0 saturated heterocycles. The van der Waals surface area contributed by atoms with Crippen molar-refractivity contribution < 1.29 is 14.0 Å². The van der Waals surface area contributed by atoms with Gasteiger partial charge in [-0.05, 0) is 45.8 Å². The Kier molecular flexibility index (Phi) is 5.98. The van der Waals surface area contributed by atoms with Crippen LogP contribution in [0.4, 0.5) is 0 Å². The molecule has 3 aromatic rings. The van der Waals surface area contributed by atoms with Gasteiger partial charge >= 0.3 is 0 Å². The number of nitrogens with one attached hydrogen (secondary N) is 2. The van der Waals surface area contributed by atoms with Gasteiger partial charge in [0.15, 0.2) is 10.4 Å². The van der Waals surface area contributed by atoms with Crippen LogP contribution in [0.2, 0.25) is 5.02 Å². The van der Waals surface area contributed by atoms with Gasteiger partial charge in [0.25, 0.3) is 5.91 Å². The van der Waals surface area contributed by atoms with Gasteiger partial charge < -0.3 is 19.6 Å². The molecule has 7 nitrogen and oxygen atoms in total. The van der Waals surface area contributed by atoms with Crippen molar-refractivity contribution in [3.63, 3.8) is 0 Å². The average Bonchev–Trinajstić information content (AvgIpc) is 3.27. The highest BCUT2D eigenvalue weighted by atomic mass is 79.9. The maximum absolute atomic E-state index is 12.4. The number of nitrogens with zero attached hydrogens (tertiary/aromatic N) is 2. The zero-order valence-corrected chi connectivity index (χ0v) is 16.6. The van der Waals surface area contributed by atoms with E-state index in [0.717, 1.165) is 5.56 Å². The van der Waals surface area contributed by atoms with Crippen molar-refractivity contribution in [2.24, 2.45) is 7.05 Å². The normalized spacial score (nSPS) is 11.8. The number of hydrogen-bond donors (Lipinski definition) is 2. The quantitative estimate of drug-likeness (QED) is 0.603. The Balaban J connectivity index is 1.70. The Morgan fingerprint density at radius 1 is 1.26 bits per heavy atom. The second kappa shape index (κ2) is 8.41. The van der Waals surface area contributed by atoms with Crippen LogP contribution in [0.25, 0.3) is 0 Å². The predicted octanol–water partition coefficient (Wildman–Crippen LogP) is 3.06. The molecule has 2 amide bonds. The second-order valence-corrected chi connectivity index (χ2v) is 6.95. The van der Waals surface area contributed by atoms with Gasteiger partial charge in [0.1, 0.15) is 11.9 Å². The highest BCUT2D eigenvalue weighted by Gasteiger charge is 2.21. The summed E-state index contributed by atoms with van der Waals surface area (Å²) in [6, 6.07) is 9.77. The number of furan rings is 1. The fourth-order valence-corrected chi connectivity index (χ4v) is 2.94. The molecule has 9 heteroatoms. The molecule has 2 heterocycles. The lowest BCUT2D eigenvalue weighted by Gasteiger charge is -2.19. The number of halogens is 2. The van der Waals surface area contributed by atoms with Crippen LogP contribution in [-0.2, 0) is 11.8 Å². The molecule has 0 fully saturated rings. The molecule has 0 aliphatic carbocycles. The summed E-state index contributed by atoms with van der Waals surface area (Å²) in [6.45, 7) is -0.203. The van der Waals surface area contributed by atoms with E-state index in [-0.39, 0.29) is 18.2 Å². The molecule has 0 aliphatic heterocycles. The lowest BCUT2D eigenvalue weighted by molar-refractivity contribution is -0.120. The van der Waals surface area contributed by atoms with Gasteiger partial charge in [-0.15, -0.1) is 0 Å². The van der Waals surface area contributed by atoms with Gasteiger partial charge in [-0.2, -0.15) is 0 Å². The molecular weight excluding hydrogens is 436 g/mol. The van der Waals surface area contributed by atoms with Gasteiger partial charge in [-0.25, -0.2) is 4.98 Å². The number of carbonyl (C=O) groups is 2. The molecule has 2 aromatic heterocycles. The van der Waals surface area contributed by atoms with E-state index < -0.39 is 11.9 Å². The van der Waals surface area contributed by atoms with Gasteiger partial charge in [0.2, 0.25) is 5.91 Å². The van der Waals surface area contributed by atoms with Gasteiger partial charge in [0, 0.05) is 24.5 Å². The first-order chi connectivity index (χ1) is 12.9. The van der Waals surface area contributed by atoms with E-state index in [9.17, 15) is 9.59 Å². The SMILES string of the molecule is Cn1ccnc1C(NC(=O)CNC(=O)c1ccc(Br)o1)c1ccc(Cl)cc1. The summed E-state index contributed by atoms with van der Waals surface area (Å²) >= 11 is 9.08. The monoisotopic (exact) mass is 450 g/mol. The number of amides is 2. The third-order valence-corrected chi connectivity index (χ3v) is 4.51. The van der Waals surface area contributed by atoms with E-state index in [1.54, 1.807) is 30.6 Å². The Hall–Kier alpha value is -2.58. The van der Waals surface area contributed by atoms with Gasteiger partial charge in [-0.1, -0.05) is 23.7 Å². The Bertz CT molecular complexity index is 952. The fourth-order valence-electron chi connectivity index (χ4n) is 2.50. The van der Waals surface area contributed by atoms with E-state index in [1.807, 2.05) is 23.7 Å². The molecule has 0 saturated carbocycles. The number of benzene rings is 1. The first-order valence-electron chi connectivity index (χ1n) is 7.99. The van der Waals surface area contributed by atoms with Crippen LogP contribution in [-0.4, -0.2) is 27.9 Å². The summed E-state index contributed by atoms with van der Waals surface area (Å²) in [5.74, 6) is -0.0622. The van der Waals surface area contributed by atoms with Gasteiger partial charge in [0.05, 0.1) is 6.54 Å². The number of aromatic nitrogens is 2. The third kappa shape index (κ3) is 4.78. The third-order valence-electron chi connectivity index (χ3n) is 3.83. The fraction of sp³-hybridized carbons (Fsp3) is 0.167. The molecule has 0 radical (unpaired) electrons. The van der Waals surface area contributed by atoms with Crippen LogP contribution in [0.15, 0.2) is 57.9 Å². The maximum Gasteiger partial charge on any atom is 0.287 e. The lowest BCUT2D eigenvalue weighted by atomic mass is 10.1. The van der Waals surface area contributed by atoms with Crippen LogP contribution < -0.4 is 10.6 Å². The zero-order valence-electron chi connectivity index (χ0n) is 14.3. The average molecular weight is 452 g/mol. The molecule has 0 aliphatic rings. The summed E-state index contributed by atoms with van der Waals surface area (Å²) in [7, 11) is 1.84. The van der Waals surface area contributed by atoms with Crippen LogP contribution >= 0.6 is 27.5 Å². The maximum atomic E-state index is 12.4. The van der Waals surface area contributed by atoms with Crippen LogP contribution in [0.1, 0.15) is 28.0 Å². The minimum absolute atomic E-state index is 0.119. The number of hydrogen-bond acceptors (Lipinski definition) is 4. The predicted molar refractivity (Wildman–Crippen MR) is 103 cm³/mol. The molecule has 3 rings (SSSR count). The van der Waals surface area contributed by atoms with Crippen LogP contribution in [0.3, 0.4) is 0 Å². The molecule has 1 aromatic carbocycles. The van der Waals surface area contributed by atoms with Gasteiger partial charge in [-0.3, -0.25) is 9.59 Å². The minimum Gasteiger partial charge on any atom is -0.444 e. The topological polar surface area (TPSA) is 89.2 Å².